The summed E-state index contributed by atoms with van der Waals surface area (Å²) in [5.41, 5.74) is 5.89. The smallest absolute Gasteiger partial charge is 0.399 e. The van der Waals surface area contributed by atoms with Gasteiger partial charge in [0.05, 0.1) is 11.2 Å². The van der Waals surface area contributed by atoms with Gasteiger partial charge in [0.25, 0.3) is 0 Å². The fourth-order valence-corrected chi connectivity index (χ4v) is 4.56. The minimum Gasteiger partial charge on any atom is -0.399 e. The van der Waals surface area contributed by atoms with E-state index in [-0.39, 0.29) is 11.2 Å². The highest BCUT2D eigenvalue weighted by Gasteiger charge is 2.51. The molecule has 0 aliphatic carbocycles. The van der Waals surface area contributed by atoms with Crippen LogP contribution in [-0.2, 0) is 9.31 Å². The predicted octanol–water partition coefficient (Wildman–Crippen LogP) is 2.32. The van der Waals surface area contributed by atoms with E-state index < -0.39 is 7.12 Å². The molecule has 2 N–H and O–H groups in total. The summed E-state index contributed by atoms with van der Waals surface area (Å²) in [6, 6.07) is 0. The summed E-state index contributed by atoms with van der Waals surface area (Å²) in [5, 5.41) is 0.827. The molecule has 0 saturated carbocycles. The van der Waals surface area contributed by atoms with Crippen molar-refractivity contribution in [3.05, 3.63) is 12.4 Å². The molecule has 0 aromatic carbocycles. The topological polar surface area (TPSA) is 73.5 Å². The third-order valence-electron chi connectivity index (χ3n) is 6.21. The highest BCUT2D eigenvalue weighted by Crippen LogP contribution is 2.36. The van der Waals surface area contributed by atoms with Crippen LogP contribution < -0.4 is 11.2 Å². The SMILES string of the molecule is CC1(C)OB(c2cnc(SCCC[C@H]3CCCN(CCN)C3)nc2)OC1(C)C. The van der Waals surface area contributed by atoms with E-state index >= 15 is 0 Å². The van der Waals surface area contributed by atoms with Crippen LogP contribution in [0.5, 0.6) is 0 Å². The van der Waals surface area contributed by atoms with E-state index in [9.17, 15) is 0 Å². The monoisotopic (exact) mass is 406 g/mol. The Hall–Kier alpha value is -0.665. The molecule has 3 rings (SSSR count). The van der Waals surface area contributed by atoms with Gasteiger partial charge < -0.3 is 19.9 Å². The Morgan fingerprint density at radius 3 is 2.54 bits per heavy atom. The van der Waals surface area contributed by atoms with Crippen LogP contribution in [0.15, 0.2) is 17.6 Å². The fourth-order valence-electron chi connectivity index (χ4n) is 3.81. The Morgan fingerprint density at radius 2 is 1.89 bits per heavy atom. The van der Waals surface area contributed by atoms with Gasteiger partial charge in [-0.2, -0.15) is 0 Å². The first-order valence-electron chi connectivity index (χ1n) is 10.5. The maximum absolute atomic E-state index is 6.06. The van der Waals surface area contributed by atoms with E-state index in [0.29, 0.717) is 0 Å². The van der Waals surface area contributed by atoms with Crippen molar-refractivity contribution in [3.63, 3.8) is 0 Å². The second-order valence-electron chi connectivity index (χ2n) is 8.98. The zero-order valence-corrected chi connectivity index (χ0v) is 18.6. The molecule has 6 nitrogen and oxygen atoms in total. The predicted molar refractivity (Wildman–Crippen MR) is 116 cm³/mol. The van der Waals surface area contributed by atoms with Gasteiger partial charge in [-0.25, -0.2) is 9.97 Å². The Balaban J connectivity index is 1.41. The standard InChI is InChI=1S/C20H35BN4O2S/c1-19(2)20(3,4)27-21(26-19)17-13-23-18(24-14-17)28-12-6-8-16-7-5-10-25(15-16)11-9-22/h13-14,16H,5-12,15,22H2,1-4H3/t16-/m1/s1. The second-order valence-corrected chi connectivity index (χ2v) is 10.0. The van der Waals surface area contributed by atoms with Gasteiger partial charge in [-0.1, -0.05) is 11.8 Å². The van der Waals surface area contributed by atoms with Crippen molar-refractivity contribution < 1.29 is 9.31 Å². The molecule has 2 fully saturated rings. The molecule has 1 atom stereocenters. The van der Waals surface area contributed by atoms with Crippen molar-refractivity contribution in [1.82, 2.24) is 14.9 Å². The van der Waals surface area contributed by atoms with Gasteiger partial charge in [0.1, 0.15) is 0 Å². The molecule has 1 aromatic rings. The average molecular weight is 406 g/mol. The normalized spacial score (nSPS) is 24.6. The third-order valence-corrected chi connectivity index (χ3v) is 7.17. The Bertz CT molecular complexity index is 611. The zero-order chi connectivity index (χ0) is 20.2. The lowest BCUT2D eigenvalue weighted by atomic mass is 9.81. The summed E-state index contributed by atoms with van der Waals surface area (Å²) >= 11 is 1.73. The van der Waals surface area contributed by atoms with E-state index in [2.05, 4.69) is 42.6 Å². The van der Waals surface area contributed by atoms with Crippen molar-refractivity contribution in [1.29, 1.82) is 0 Å². The molecule has 156 valence electrons. The second kappa shape index (κ2) is 9.43. The Labute approximate surface area is 174 Å². The molecule has 0 spiro atoms. The number of rotatable bonds is 8. The summed E-state index contributed by atoms with van der Waals surface area (Å²) in [6.45, 7) is 12.4. The van der Waals surface area contributed by atoms with E-state index in [0.717, 1.165) is 35.4 Å². The number of nitrogens with two attached hydrogens (primary N) is 1. The lowest BCUT2D eigenvalue weighted by Gasteiger charge is -2.32. The molecular weight excluding hydrogens is 371 g/mol. The van der Waals surface area contributed by atoms with Crippen LogP contribution in [0.2, 0.25) is 0 Å². The van der Waals surface area contributed by atoms with Crippen molar-refractivity contribution in [3.8, 4) is 0 Å². The number of nitrogens with zero attached hydrogens (tertiary/aromatic N) is 3. The van der Waals surface area contributed by atoms with Gasteiger partial charge in [0.15, 0.2) is 5.16 Å². The quantitative estimate of drug-likeness (QED) is 0.307. The molecule has 2 aliphatic rings. The molecule has 0 radical (unpaired) electrons. The number of likely N-dealkylation sites (tertiary alicyclic amines) is 1. The van der Waals surface area contributed by atoms with Crippen LogP contribution in [0.1, 0.15) is 53.4 Å². The summed E-state index contributed by atoms with van der Waals surface area (Å²) in [6.07, 6.45) is 8.81. The van der Waals surface area contributed by atoms with Crippen LogP contribution in [-0.4, -0.2) is 65.1 Å². The maximum Gasteiger partial charge on any atom is 0.498 e. The van der Waals surface area contributed by atoms with Gasteiger partial charge in [-0.3, -0.25) is 0 Å². The van der Waals surface area contributed by atoms with Gasteiger partial charge >= 0.3 is 7.12 Å². The lowest BCUT2D eigenvalue weighted by molar-refractivity contribution is 0.00578. The zero-order valence-electron chi connectivity index (χ0n) is 17.8. The minimum atomic E-state index is -0.396. The summed E-state index contributed by atoms with van der Waals surface area (Å²) in [7, 11) is -0.396. The Kier molecular flexibility index (Phi) is 7.42. The van der Waals surface area contributed by atoms with Gasteiger partial charge in [-0.05, 0) is 65.8 Å². The van der Waals surface area contributed by atoms with E-state index in [4.69, 9.17) is 15.0 Å². The molecule has 0 unspecified atom stereocenters. The van der Waals surface area contributed by atoms with E-state index in [1.54, 1.807) is 11.8 Å². The van der Waals surface area contributed by atoms with Crippen LogP contribution in [0.25, 0.3) is 0 Å². The van der Waals surface area contributed by atoms with Crippen molar-refractivity contribution in [2.24, 2.45) is 11.7 Å². The molecule has 1 aromatic heterocycles. The summed E-state index contributed by atoms with van der Waals surface area (Å²) in [5.74, 6) is 1.87. The molecular formula is C20H35BN4O2S. The number of thioether (sulfide) groups is 1. The van der Waals surface area contributed by atoms with Gasteiger partial charge in [0.2, 0.25) is 0 Å². The van der Waals surface area contributed by atoms with E-state index in [1.807, 2.05) is 12.4 Å². The van der Waals surface area contributed by atoms with E-state index in [1.165, 1.54) is 38.8 Å². The van der Waals surface area contributed by atoms with Crippen LogP contribution in [0.3, 0.4) is 0 Å². The fraction of sp³-hybridized carbons (Fsp3) is 0.800. The third kappa shape index (κ3) is 5.48. The minimum absolute atomic E-state index is 0.343. The molecule has 3 heterocycles. The molecule has 2 aliphatic heterocycles. The molecule has 28 heavy (non-hydrogen) atoms. The highest BCUT2D eigenvalue weighted by atomic mass is 32.2. The molecule has 0 amide bonds. The molecule has 8 heteroatoms. The van der Waals surface area contributed by atoms with Gasteiger partial charge in [-0.15, -0.1) is 0 Å². The van der Waals surface area contributed by atoms with Crippen LogP contribution in [0.4, 0.5) is 0 Å². The van der Waals surface area contributed by atoms with Crippen LogP contribution >= 0.6 is 11.8 Å². The maximum atomic E-state index is 6.06. The molecule has 2 saturated heterocycles. The highest BCUT2D eigenvalue weighted by molar-refractivity contribution is 7.99. The number of aromatic nitrogens is 2. The number of piperidine rings is 1. The van der Waals surface area contributed by atoms with Crippen LogP contribution in [0, 0.1) is 5.92 Å². The van der Waals surface area contributed by atoms with Gasteiger partial charge in [0, 0.05) is 43.2 Å². The number of hydrogen-bond acceptors (Lipinski definition) is 7. The first kappa shape index (κ1) is 22.0. The summed E-state index contributed by atoms with van der Waals surface area (Å²) < 4.78 is 12.1. The largest absolute Gasteiger partial charge is 0.498 e. The number of hydrogen-bond donors (Lipinski definition) is 1. The molecule has 0 bridgehead atoms. The first-order valence-corrected chi connectivity index (χ1v) is 11.5. The van der Waals surface area contributed by atoms with Crippen molar-refractivity contribution in [2.75, 3.05) is 31.9 Å². The lowest BCUT2D eigenvalue weighted by Crippen LogP contribution is -2.41. The first-order chi connectivity index (χ1) is 13.3. The average Bonchev–Trinajstić information content (AvgIpc) is 2.87. The Morgan fingerprint density at radius 1 is 1.21 bits per heavy atom. The summed E-state index contributed by atoms with van der Waals surface area (Å²) in [4.78, 5) is 11.5. The van der Waals surface area contributed by atoms with Crippen molar-refractivity contribution >= 4 is 24.3 Å². The van der Waals surface area contributed by atoms with Crippen molar-refractivity contribution in [2.45, 2.75) is 69.7 Å².